The minimum atomic E-state index is 0.497. The van der Waals surface area contributed by atoms with Gasteiger partial charge in [-0.3, -0.25) is 0 Å². The highest BCUT2D eigenvalue weighted by molar-refractivity contribution is 6.13. The van der Waals surface area contributed by atoms with E-state index in [9.17, 15) is 0 Å². The highest BCUT2D eigenvalue weighted by atomic mass is 16.5. The Morgan fingerprint density at radius 3 is 1.90 bits per heavy atom. The summed E-state index contributed by atoms with van der Waals surface area (Å²) in [6, 6.07) is 63.6. The predicted octanol–water partition coefficient (Wildman–Crippen LogP) is 16.8. The number of anilines is 3. The number of ether oxygens (including phenoxy) is 1. The molecule has 2 saturated carbocycles. The van der Waals surface area contributed by atoms with Crippen molar-refractivity contribution in [1.29, 1.82) is 0 Å². The highest BCUT2D eigenvalue weighted by Gasteiger charge is 2.43. The first kappa shape index (κ1) is 37.4. The predicted molar refractivity (Wildman–Crippen MR) is 255 cm³/mol. The van der Waals surface area contributed by atoms with Crippen molar-refractivity contribution in [3.8, 4) is 33.8 Å². The summed E-state index contributed by atoms with van der Waals surface area (Å²) < 4.78 is 13.4. The van der Waals surface area contributed by atoms with E-state index in [1.54, 1.807) is 0 Å². The van der Waals surface area contributed by atoms with Crippen molar-refractivity contribution in [2.24, 2.45) is 23.7 Å². The minimum Gasteiger partial charge on any atom is -0.457 e. The third-order valence-corrected chi connectivity index (χ3v) is 13.8. The van der Waals surface area contributed by atoms with Gasteiger partial charge in [-0.25, -0.2) is 0 Å². The van der Waals surface area contributed by atoms with E-state index in [0.29, 0.717) is 17.8 Å². The summed E-state index contributed by atoms with van der Waals surface area (Å²) in [6.45, 7) is 7.08. The SMILES string of the molecule is Cc1ccccc1Oc1cc(N(c2ccc(-c3ccccc3-c3cccc4oc5ccccc5c34)cc2)c2cccc3ccccc23)ccc1C1[C@H]2C[C@@H](C)C[C@@H]1C[C@@H](C)C2. The molecule has 3 heteroatoms. The van der Waals surface area contributed by atoms with E-state index >= 15 is 0 Å². The van der Waals surface area contributed by atoms with Crippen LogP contribution in [-0.4, -0.2) is 0 Å². The Kier molecular flexibility index (Phi) is 9.49. The lowest BCUT2D eigenvalue weighted by molar-refractivity contribution is 0.0784. The molecule has 0 atom stereocenters. The topological polar surface area (TPSA) is 25.6 Å². The number of benzene rings is 8. The van der Waals surface area contributed by atoms with E-state index < -0.39 is 0 Å². The van der Waals surface area contributed by atoms with E-state index in [1.165, 1.54) is 58.7 Å². The Labute approximate surface area is 359 Å². The lowest BCUT2D eigenvalue weighted by Crippen LogP contribution is -2.37. The first-order chi connectivity index (χ1) is 30.0. The fraction of sp³-hybridized carbons (Fsp3) is 0.207. The summed E-state index contributed by atoms with van der Waals surface area (Å²) in [7, 11) is 0. The number of hydrogen-bond acceptors (Lipinski definition) is 3. The van der Waals surface area contributed by atoms with Gasteiger partial charge < -0.3 is 14.1 Å². The molecule has 1 aromatic heterocycles. The highest BCUT2D eigenvalue weighted by Crippen LogP contribution is 2.56. The summed E-state index contributed by atoms with van der Waals surface area (Å²) in [5.74, 6) is 5.29. The van der Waals surface area contributed by atoms with Crippen molar-refractivity contribution in [1.82, 2.24) is 0 Å². The van der Waals surface area contributed by atoms with Crippen molar-refractivity contribution in [3.63, 3.8) is 0 Å². The van der Waals surface area contributed by atoms with Gasteiger partial charge in [0.1, 0.15) is 22.7 Å². The molecule has 300 valence electrons. The largest absolute Gasteiger partial charge is 0.457 e. The molecule has 11 rings (SSSR count). The number of rotatable bonds is 8. The summed E-state index contributed by atoms with van der Waals surface area (Å²) in [5, 5.41) is 4.70. The fourth-order valence-electron chi connectivity index (χ4n) is 11.3. The molecule has 1 heterocycles. The molecule has 0 aliphatic heterocycles. The minimum absolute atomic E-state index is 0.497. The first-order valence-corrected chi connectivity index (χ1v) is 22.2. The molecule has 0 radical (unpaired) electrons. The van der Waals surface area contributed by atoms with Gasteiger partial charge in [-0.1, -0.05) is 141 Å². The van der Waals surface area contributed by atoms with Crippen LogP contribution in [0.25, 0.3) is 55.0 Å². The molecule has 2 bridgehead atoms. The van der Waals surface area contributed by atoms with Crippen molar-refractivity contribution in [2.75, 3.05) is 4.90 Å². The Morgan fingerprint density at radius 2 is 1.11 bits per heavy atom. The third-order valence-electron chi connectivity index (χ3n) is 13.8. The zero-order chi connectivity index (χ0) is 41.0. The number of aryl methyl sites for hydroxylation is 1. The third kappa shape index (κ3) is 6.77. The second-order valence-electron chi connectivity index (χ2n) is 18.0. The summed E-state index contributed by atoms with van der Waals surface area (Å²) in [4.78, 5) is 2.43. The van der Waals surface area contributed by atoms with Crippen LogP contribution in [0.5, 0.6) is 11.5 Å². The number of fused-ring (bicyclic) bond motifs is 6. The summed E-state index contributed by atoms with van der Waals surface area (Å²) in [5.41, 5.74) is 12.3. The summed E-state index contributed by atoms with van der Waals surface area (Å²) >= 11 is 0. The van der Waals surface area contributed by atoms with Gasteiger partial charge in [0.2, 0.25) is 0 Å². The Bertz CT molecular complexity index is 3010. The van der Waals surface area contributed by atoms with Crippen molar-refractivity contribution in [2.45, 2.75) is 52.4 Å². The molecule has 8 aromatic carbocycles. The molecule has 0 saturated heterocycles. The van der Waals surface area contributed by atoms with Gasteiger partial charge >= 0.3 is 0 Å². The molecule has 61 heavy (non-hydrogen) atoms. The van der Waals surface area contributed by atoms with Crippen LogP contribution < -0.4 is 9.64 Å². The van der Waals surface area contributed by atoms with Gasteiger partial charge in [-0.05, 0) is 143 Å². The molecule has 9 aromatic rings. The maximum Gasteiger partial charge on any atom is 0.136 e. The van der Waals surface area contributed by atoms with Crippen LogP contribution in [0.15, 0.2) is 180 Å². The Morgan fingerprint density at radius 1 is 0.508 bits per heavy atom. The molecular weight excluding hydrogens is 743 g/mol. The number of hydrogen-bond donors (Lipinski definition) is 0. The van der Waals surface area contributed by atoms with Gasteiger partial charge in [-0.2, -0.15) is 0 Å². The molecule has 2 aliphatic rings. The van der Waals surface area contributed by atoms with Crippen LogP contribution in [0.4, 0.5) is 17.1 Å². The molecule has 3 nitrogen and oxygen atoms in total. The van der Waals surface area contributed by atoms with E-state index in [2.05, 4.69) is 196 Å². The van der Waals surface area contributed by atoms with Crippen molar-refractivity contribution >= 4 is 49.8 Å². The maximum atomic E-state index is 7.11. The second kappa shape index (κ2) is 15.5. The lowest BCUT2D eigenvalue weighted by Gasteiger charge is -2.48. The van der Waals surface area contributed by atoms with Crippen LogP contribution >= 0.6 is 0 Å². The average Bonchev–Trinajstić information content (AvgIpc) is 3.67. The van der Waals surface area contributed by atoms with Crippen LogP contribution in [-0.2, 0) is 0 Å². The zero-order valence-electron chi connectivity index (χ0n) is 35.2. The summed E-state index contributed by atoms with van der Waals surface area (Å²) in [6.07, 6.45) is 5.18. The van der Waals surface area contributed by atoms with Gasteiger partial charge in [0, 0.05) is 33.6 Å². The lowest BCUT2D eigenvalue weighted by atomic mass is 9.57. The molecule has 2 fully saturated rings. The zero-order valence-corrected chi connectivity index (χ0v) is 35.2. The Hall–Kier alpha value is -6.58. The first-order valence-electron chi connectivity index (χ1n) is 22.2. The van der Waals surface area contributed by atoms with E-state index in [-0.39, 0.29) is 0 Å². The van der Waals surface area contributed by atoms with Crippen molar-refractivity contribution in [3.05, 3.63) is 187 Å². The van der Waals surface area contributed by atoms with Crippen molar-refractivity contribution < 1.29 is 9.15 Å². The molecular formula is C58H51NO2. The quantitative estimate of drug-likeness (QED) is 0.153. The van der Waals surface area contributed by atoms with Gasteiger partial charge in [0.05, 0.1) is 5.69 Å². The van der Waals surface area contributed by atoms with Crippen LogP contribution in [0, 0.1) is 30.6 Å². The molecule has 0 unspecified atom stereocenters. The van der Waals surface area contributed by atoms with Crippen LogP contribution in [0.3, 0.4) is 0 Å². The molecule has 0 spiro atoms. The second-order valence-corrected chi connectivity index (χ2v) is 18.0. The maximum absolute atomic E-state index is 7.11. The smallest absolute Gasteiger partial charge is 0.136 e. The molecule has 2 aliphatic carbocycles. The van der Waals surface area contributed by atoms with E-state index in [0.717, 1.165) is 73.5 Å². The standard InChI is InChI=1S/C58H51NO2/c1-37-32-42-34-38(2)35-43(33-37)57(42)51-31-30-45(36-56(51)60-53-23-10-4-14-39(53)3)59(52-22-12-16-40-15-5-6-18-47(40)52)44-28-26-41(27-29-44)46-17-7-8-19-48(46)49-21-13-25-55-58(49)50-20-9-11-24-54(50)61-55/h4-31,36-38,42-43,57H,32-35H2,1-3H3/t37-,38+,42+,43-,57?. The average molecular weight is 794 g/mol. The van der Waals surface area contributed by atoms with Crippen LogP contribution in [0.2, 0.25) is 0 Å². The number of para-hydroxylation sites is 2. The van der Waals surface area contributed by atoms with E-state index in [1.807, 2.05) is 6.07 Å². The normalized spacial score (nSPS) is 20.0. The Balaban J connectivity index is 1.05. The van der Waals surface area contributed by atoms with Gasteiger partial charge in [0.15, 0.2) is 0 Å². The van der Waals surface area contributed by atoms with E-state index in [4.69, 9.17) is 9.15 Å². The van der Waals surface area contributed by atoms with Gasteiger partial charge in [-0.15, -0.1) is 0 Å². The fourth-order valence-corrected chi connectivity index (χ4v) is 11.3. The molecule has 0 amide bonds. The van der Waals surface area contributed by atoms with Gasteiger partial charge in [0.25, 0.3) is 0 Å². The monoisotopic (exact) mass is 793 g/mol. The molecule has 0 N–H and O–H groups in total. The van der Waals surface area contributed by atoms with Crippen LogP contribution in [0.1, 0.15) is 56.6 Å². The number of nitrogens with zero attached hydrogens (tertiary/aromatic N) is 1. The number of furan rings is 1.